The number of rotatable bonds is 10. The first-order valence-corrected chi connectivity index (χ1v) is 12.0. The topological polar surface area (TPSA) is 118 Å². The van der Waals surface area contributed by atoms with E-state index >= 15 is 0 Å². The Morgan fingerprint density at radius 2 is 1.64 bits per heavy atom. The first-order valence-electron chi connectivity index (χ1n) is 11.0. The van der Waals surface area contributed by atoms with Crippen LogP contribution in [0, 0.1) is 0 Å². The van der Waals surface area contributed by atoms with Crippen molar-refractivity contribution in [2.24, 2.45) is 0 Å². The van der Waals surface area contributed by atoms with E-state index in [9.17, 15) is 4.79 Å². The highest BCUT2D eigenvalue weighted by atomic mass is 32.2. The van der Waals surface area contributed by atoms with Crippen LogP contribution >= 0.6 is 11.8 Å². The molecule has 188 valence electrons. The second-order valence-corrected chi connectivity index (χ2v) is 8.37. The Morgan fingerprint density at radius 3 is 2.28 bits per heavy atom. The number of benzene rings is 2. The average molecular weight is 511 g/mol. The Bertz CT molecular complexity index is 1380. The maximum absolute atomic E-state index is 13.4. The molecule has 0 radical (unpaired) electrons. The standard InChI is InChI=1S/C25H26N4O6S/c1-6-35-24(30)23-17(12-36-25-26-13-27-29-25)28-16-11-21(34-5)20(33-4)10-15(16)22(23)14-7-8-18(31-2)19(9-14)32-3/h7-11,13H,6,12H2,1-5H3,(H,26,27,29). The first-order chi connectivity index (χ1) is 17.5. The van der Waals surface area contributed by atoms with Gasteiger partial charge in [-0.05, 0) is 30.7 Å². The number of aromatic nitrogens is 4. The van der Waals surface area contributed by atoms with Crippen LogP contribution in [0.25, 0.3) is 22.0 Å². The molecule has 0 saturated carbocycles. The molecule has 0 saturated heterocycles. The number of carbonyl (C=O) groups excluding carboxylic acids is 1. The van der Waals surface area contributed by atoms with Crippen LogP contribution in [-0.2, 0) is 10.5 Å². The van der Waals surface area contributed by atoms with Crippen molar-refractivity contribution in [2.75, 3.05) is 35.0 Å². The van der Waals surface area contributed by atoms with Gasteiger partial charge in [0.1, 0.15) is 6.33 Å². The number of aromatic amines is 1. The number of nitrogens with one attached hydrogen (secondary N) is 1. The molecule has 4 rings (SSSR count). The third-order valence-electron chi connectivity index (χ3n) is 5.46. The summed E-state index contributed by atoms with van der Waals surface area (Å²) in [5.41, 5.74) is 2.85. The molecule has 0 bridgehead atoms. The number of thioether (sulfide) groups is 1. The fraction of sp³-hybridized carbons (Fsp3) is 0.280. The number of hydrogen-bond donors (Lipinski definition) is 1. The zero-order valence-electron chi connectivity index (χ0n) is 20.6. The molecule has 10 nitrogen and oxygen atoms in total. The van der Waals surface area contributed by atoms with Crippen LogP contribution in [0.3, 0.4) is 0 Å². The predicted molar refractivity (Wildman–Crippen MR) is 135 cm³/mol. The smallest absolute Gasteiger partial charge is 0.340 e. The van der Waals surface area contributed by atoms with Crippen molar-refractivity contribution in [2.45, 2.75) is 17.8 Å². The lowest BCUT2D eigenvalue weighted by Gasteiger charge is -2.19. The van der Waals surface area contributed by atoms with E-state index in [2.05, 4.69) is 15.2 Å². The quantitative estimate of drug-likeness (QED) is 0.241. The molecule has 0 aliphatic carbocycles. The highest BCUT2D eigenvalue weighted by molar-refractivity contribution is 7.98. The van der Waals surface area contributed by atoms with Gasteiger partial charge in [0.25, 0.3) is 0 Å². The van der Waals surface area contributed by atoms with Gasteiger partial charge in [-0.2, -0.15) is 5.10 Å². The molecule has 2 aromatic carbocycles. The Kier molecular flexibility index (Phi) is 7.79. The van der Waals surface area contributed by atoms with Gasteiger partial charge in [0.15, 0.2) is 28.2 Å². The van der Waals surface area contributed by atoms with Crippen molar-refractivity contribution < 1.29 is 28.5 Å². The third kappa shape index (κ3) is 4.87. The number of methoxy groups -OCH3 is 4. The van der Waals surface area contributed by atoms with Crippen molar-refractivity contribution in [3.8, 4) is 34.1 Å². The number of fused-ring (bicyclic) bond motifs is 1. The highest BCUT2D eigenvalue weighted by Gasteiger charge is 2.26. The van der Waals surface area contributed by atoms with Gasteiger partial charge >= 0.3 is 5.97 Å². The van der Waals surface area contributed by atoms with Crippen LogP contribution in [0.2, 0.25) is 0 Å². The van der Waals surface area contributed by atoms with Crippen LogP contribution in [0.15, 0.2) is 41.8 Å². The van der Waals surface area contributed by atoms with E-state index in [4.69, 9.17) is 28.7 Å². The largest absolute Gasteiger partial charge is 0.493 e. The van der Waals surface area contributed by atoms with Crippen LogP contribution in [0.4, 0.5) is 0 Å². The van der Waals surface area contributed by atoms with E-state index in [-0.39, 0.29) is 6.61 Å². The summed E-state index contributed by atoms with van der Waals surface area (Å²) in [6, 6.07) is 9.07. The lowest BCUT2D eigenvalue weighted by Crippen LogP contribution is -2.12. The fourth-order valence-corrected chi connectivity index (χ4v) is 4.58. The van der Waals surface area contributed by atoms with E-state index in [0.717, 1.165) is 5.56 Å². The molecule has 1 N–H and O–H groups in total. The number of H-pyrrole nitrogens is 1. The van der Waals surface area contributed by atoms with Crippen LogP contribution in [0.1, 0.15) is 23.0 Å². The summed E-state index contributed by atoms with van der Waals surface area (Å²) in [5.74, 6) is 1.97. The Hall–Kier alpha value is -3.99. The summed E-state index contributed by atoms with van der Waals surface area (Å²) in [4.78, 5) is 22.4. The maximum Gasteiger partial charge on any atom is 0.340 e. The summed E-state index contributed by atoms with van der Waals surface area (Å²) in [6.07, 6.45) is 1.43. The van der Waals surface area contributed by atoms with Crippen molar-refractivity contribution in [1.29, 1.82) is 0 Å². The predicted octanol–water partition coefficient (Wildman–Crippen LogP) is 4.52. The number of ether oxygens (including phenoxy) is 5. The maximum atomic E-state index is 13.4. The van der Waals surface area contributed by atoms with Gasteiger partial charge in [-0.15, -0.1) is 0 Å². The van der Waals surface area contributed by atoms with E-state index in [0.29, 0.717) is 61.6 Å². The molecule has 11 heteroatoms. The Labute approximate surface area is 212 Å². The van der Waals surface area contributed by atoms with Gasteiger partial charge in [0.2, 0.25) is 0 Å². The molecule has 0 amide bonds. The van der Waals surface area contributed by atoms with E-state index < -0.39 is 5.97 Å². The van der Waals surface area contributed by atoms with Crippen molar-refractivity contribution in [1.82, 2.24) is 20.2 Å². The number of carbonyl (C=O) groups is 1. The summed E-state index contributed by atoms with van der Waals surface area (Å²) < 4.78 is 27.5. The minimum Gasteiger partial charge on any atom is -0.493 e. The number of esters is 1. The second-order valence-electron chi connectivity index (χ2n) is 7.40. The zero-order valence-corrected chi connectivity index (χ0v) is 21.4. The van der Waals surface area contributed by atoms with E-state index in [1.165, 1.54) is 18.1 Å². The number of hydrogen-bond acceptors (Lipinski definition) is 10. The van der Waals surface area contributed by atoms with Gasteiger partial charge in [0.05, 0.1) is 51.8 Å². The minimum atomic E-state index is -0.486. The fourth-order valence-electron chi connectivity index (χ4n) is 3.86. The summed E-state index contributed by atoms with van der Waals surface area (Å²) >= 11 is 1.37. The van der Waals surface area contributed by atoms with Crippen molar-refractivity contribution in [3.05, 3.63) is 47.9 Å². The molecule has 0 atom stereocenters. The van der Waals surface area contributed by atoms with Crippen LogP contribution in [-0.4, -0.2) is 61.2 Å². The van der Waals surface area contributed by atoms with Gasteiger partial charge in [0, 0.05) is 22.8 Å². The van der Waals surface area contributed by atoms with Crippen LogP contribution in [0.5, 0.6) is 23.0 Å². The molecule has 2 heterocycles. The van der Waals surface area contributed by atoms with Crippen molar-refractivity contribution >= 4 is 28.6 Å². The third-order valence-corrected chi connectivity index (χ3v) is 6.34. The molecule has 2 aromatic heterocycles. The highest BCUT2D eigenvalue weighted by Crippen LogP contribution is 2.42. The lowest BCUT2D eigenvalue weighted by molar-refractivity contribution is 0.0526. The minimum absolute atomic E-state index is 0.211. The number of pyridine rings is 1. The van der Waals surface area contributed by atoms with Gasteiger partial charge in [-0.25, -0.2) is 9.78 Å². The average Bonchev–Trinajstić information content (AvgIpc) is 3.43. The Balaban J connectivity index is 2.05. The van der Waals surface area contributed by atoms with E-state index in [1.807, 2.05) is 18.2 Å². The molecule has 0 unspecified atom stereocenters. The Morgan fingerprint density at radius 1 is 0.944 bits per heavy atom. The molecule has 0 fully saturated rings. The van der Waals surface area contributed by atoms with E-state index in [1.54, 1.807) is 47.5 Å². The summed E-state index contributed by atoms with van der Waals surface area (Å²) in [6.45, 7) is 1.97. The molecule has 36 heavy (non-hydrogen) atoms. The molecule has 0 spiro atoms. The second kappa shape index (κ2) is 11.2. The monoisotopic (exact) mass is 510 g/mol. The first kappa shape index (κ1) is 25.1. The number of nitrogens with zero attached hydrogens (tertiary/aromatic N) is 3. The SMILES string of the molecule is CCOC(=O)c1c(CSc2ncn[nH]2)nc2cc(OC)c(OC)cc2c1-c1ccc(OC)c(OC)c1. The van der Waals surface area contributed by atoms with Crippen LogP contribution < -0.4 is 18.9 Å². The summed E-state index contributed by atoms with van der Waals surface area (Å²) in [7, 11) is 6.25. The molecule has 0 aliphatic rings. The molecule has 0 aliphatic heterocycles. The normalized spacial score (nSPS) is 10.8. The molecule has 4 aromatic rings. The lowest BCUT2D eigenvalue weighted by atomic mass is 9.93. The van der Waals surface area contributed by atoms with Gasteiger partial charge in [-0.3, -0.25) is 10.1 Å². The van der Waals surface area contributed by atoms with Gasteiger partial charge < -0.3 is 23.7 Å². The molecular formula is C25H26N4O6S. The van der Waals surface area contributed by atoms with Gasteiger partial charge in [-0.1, -0.05) is 17.8 Å². The zero-order chi connectivity index (χ0) is 25.7. The summed E-state index contributed by atoms with van der Waals surface area (Å²) in [5, 5.41) is 8.00. The van der Waals surface area contributed by atoms with Crippen molar-refractivity contribution in [3.63, 3.8) is 0 Å². The molecular weight excluding hydrogens is 484 g/mol.